The number of hydrogen-bond acceptors (Lipinski definition) is 5. The third-order valence-corrected chi connectivity index (χ3v) is 5.44. The number of urea groups is 1. The molecule has 3 rings (SSSR count). The maximum absolute atomic E-state index is 12.1. The Morgan fingerprint density at radius 2 is 2.29 bits per heavy atom. The summed E-state index contributed by atoms with van der Waals surface area (Å²) in [4.78, 5) is 12.1. The highest BCUT2D eigenvalue weighted by atomic mass is 32.1. The van der Waals surface area contributed by atoms with Crippen LogP contribution in [0, 0.1) is 11.3 Å². The topological polar surface area (TPSA) is 76.1 Å². The Labute approximate surface area is 128 Å². The molecule has 0 unspecified atom stereocenters. The molecule has 3 atom stereocenters. The number of aromatic nitrogens is 2. The third-order valence-electron chi connectivity index (χ3n) is 4.54. The van der Waals surface area contributed by atoms with Crippen LogP contribution in [0.15, 0.2) is 0 Å². The molecule has 0 aromatic carbocycles. The number of ether oxygens (including phenoxy) is 1. The van der Waals surface area contributed by atoms with Crippen LogP contribution in [0.5, 0.6) is 0 Å². The number of fused-ring (bicyclic) bond motifs is 1. The summed E-state index contributed by atoms with van der Waals surface area (Å²) in [7, 11) is 0. The van der Waals surface area contributed by atoms with E-state index in [0.29, 0.717) is 11.0 Å². The largest absolute Gasteiger partial charge is 0.377 e. The minimum absolute atomic E-state index is 0.00694. The number of carbonyl (C=O) groups is 1. The molecule has 1 aliphatic carbocycles. The van der Waals surface area contributed by atoms with Gasteiger partial charge in [-0.05, 0) is 12.8 Å². The van der Waals surface area contributed by atoms with Crippen molar-refractivity contribution < 1.29 is 9.53 Å². The molecule has 7 heteroatoms. The van der Waals surface area contributed by atoms with Crippen LogP contribution in [0.1, 0.15) is 38.6 Å². The van der Waals surface area contributed by atoms with Crippen LogP contribution < -0.4 is 10.6 Å². The quantitative estimate of drug-likeness (QED) is 0.895. The summed E-state index contributed by atoms with van der Waals surface area (Å²) in [6.45, 7) is 7.19. The summed E-state index contributed by atoms with van der Waals surface area (Å²) in [5.41, 5.74) is -0.00694. The van der Waals surface area contributed by atoms with E-state index in [4.69, 9.17) is 4.74 Å². The van der Waals surface area contributed by atoms with Crippen LogP contribution in [0.2, 0.25) is 0 Å². The molecular formula is C14H22N4O2S. The molecular weight excluding hydrogens is 288 g/mol. The summed E-state index contributed by atoms with van der Waals surface area (Å²) in [6, 6.07) is -0.0364. The number of amides is 2. The van der Waals surface area contributed by atoms with Crippen molar-refractivity contribution in [1.82, 2.24) is 15.5 Å². The molecule has 2 aliphatic rings. The van der Waals surface area contributed by atoms with Gasteiger partial charge < -0.3 is 10.1 Å². The van der Waals surface area contributed by atoms with Crippen molar-refractivity contribution in [2.45, 2.75) is 52.2 Å². The van der Waals surface area contributed by atoms with Crippen LogP contribution in [0.4, 0.5) is 9.93 Å². The van der Waals surface area contributed by atoms with Gasteiger partial charge in [-0.3, -0.25) is 5.32 Å². The van der Waals surface area contributed by atoms with Gasteiger partial charge in [0, 0.05) is 30.4 Å². The van der Waals surface area contributed by atoms with Crippen LogP contribution in [0.25, 0.3) is 0 Å². The maximum atomic E-state index is 12.1. The molecule has 0 radical (unpaired) electrons. The summed E-state index contributed by atoms with van der Waals surface area (Å²) in [5, 5.41) is 15.5. The normalized spacial score (nSPS) is 29.6. The van der Waals surface area contributed by atoms with Crippen molar-refractivity contribution in [2.24, 2.45) is 11.3 Å². The fourth-order valence-electron chi connectivity index (χ4n) is 3.51. The van der Waals surface area contributed by atoms with E-state index >= 15 is 0 Å². The Hall–Kier alpha value is -1.21. The van der Waals surface area contributed by atoms with E-state index in [9.17, 15) is 4.79 Å². The van der Waals surface area contributed by atoms with Gasteiger partial charge in [0.05, 0.1) is 6.10 Å². The molecule has 1 saturated heterocycles. The maximum Gasteiger partial charge on any atom is 0.321 e. The Bertz CT molecular complexity index is 531. The van der Waals surface area contributed by atoms with Gasteiger partial charge >= 0.3 is 6.03 Å². The monoisotopic (exact) mass is 310 g/mol. The first kappa shape index (κ1) is 14.7. The molecule has 2 fully saturated rings. The van der Waals surface area contributed by atoms with Crippen molar-refractivity contribution in [3.8, 4) is 0 Å². The highest BCUT2D eigenvalue weighted by Crippen LogP contribution is 2.52. The average molecular weight is 310 g/mol. The molecule has 0 bridgehead atoms. The van der Waals surface area contributed by atoms with Gasteiger partial charge in [-0.2, -0.15) is 0 Å². The van der Waals surface area contributed by atoms with E-state index in [1.54, 1.807) is 0 Å². The van der Waals surface area contributed by atoms with Crippen molar-refractivity contribution in [3.63, 3.8) is 0 Å². The van der Waals surface area contributed by atoms with Gasteiger partial charge in [-0.15, -0.1) is 10.2 Å². The highest BCUT2D eigenvalue weighted by molar-refractivity contribution is 7.15. The van der Waals surface area contributed by atoms with E-state index in [0.717, 1.165) is 30.9 Å². The van der Waals surface area contributed by atoms with Gasteiger partial charge in [0.2, 0.25) is 5.13 Å². The number of nitrogens with one attached hydrogen (secondary N) is 2. The zero-order valence-corrected chi connectivity index (χ0v) is 13.5. The van der Waals surface area contributed by atoms with E-state index in [2.05, 4.69) is 41.6 Å². The lowest BCUT2D eigenvalue weighted by atomic mass is 9.57. The molecule has 1 saturated carbocycles. The van der Waals surface area contributed by atoms with Crippen molar-refractivity contribution in [2.75, 3.05) is 11.9 Å². The van der Waals surface area contributed by atoms with Crippen molar-refractivity contribution in [3.05, 3.63) is 5.01 Å². The molecule has 0 spiro atoms. The number of carbonyl (C=O) groups excluding carboxylic acids is 1. The molecule has 1 aromatic rings. The van der Waals surface area contributed by atoms with E-state index < -0.39 is 0 Å². The predicted molar refractivity (Wildman–Crippen MR) is 81.5 cm³/mol. The van der Waals surface area contributed by atoms with Crippen molar-refractivity contribution >= 4 is 22.5 Å². The predicted octanol–water partition coefficient (Wildman–Crippen LogP) is 2.43. The fourth-order valence-corrected chi connectivity index (χ4v) is 4.35. The molecule has 1 aromatic heterocycles. The Morgan fingerprint density at radius 3 is 3.05 bits per heavy atom. The zero-order valence-electron chi connectivity index (χ0n) is 12.7. The second-order valence-electron chi connectivity index (χ2n) is 6.39. The Balaban J connectivity index is 1.56. The number of aryl methyl sites for hydroxylation is 1. The first-order valence-corrected chi connectivity index (χ1v) is 8.35. The minimum Gasteiger partial charge on any atom is -0.377 e. The van der Waals surface area contributed by atoms with Crippen molar-refractivity contribution in [1.29, 1.82) is 0 Å². The minimum atomic E-state index is -0.197. The number of hydrogen-bond donors (Lipinski definition) is 2. The van der Waals surface area contributed by atoms with Crippen LogP contribution in [0.3, 0.4) is 0 Å². The van der Waals surface area contributed by atoms with Gasteiger partial charge in [0.25, 0.3) is 0 Å². The zero-order chi connectivity index (χ0) is 15.0. The first-order chi connectivity index (χ1) is 10.0. The summed E-state index contributed by atoms with van der Waals surface area (Å²) < 4.78 is 5.74. The van der Waals surface area contributed by atoms with Crippen LogP contribution in [-0.4, -0.2) is 35.0 Å². The lowest BCUT2D eigenvalue weighted by molar-refractivity contribution is -0.107. The van der Waals surface area contributed by atoms with E-state index in [1.807, 2.05) is 0 Å². The number of nitrogens with zero attached hydrogens (tertiary/aromatic N) is 2. The Kier molecular flexibility index (Phi) is 3.88. The molecule has 1 aliphatic heterocycles. The Morgan fingerprint density at radius 1 is 1.48 bits per heavy atom. The smallest absolute Gasteiger partial charge is 0.321 e. The van der Waals surface area contributed by atoms with E-state index in [-0.39, 0.29) is 23.6 Å². The number of anilines is 1. The summed E-state index contributed by atoms with van der Waals surface area (Å²) in [6.07, 6.45) is 3.23. The average Bonchev–Trinajstić information content (AvgIpc) is 3.05. The molecule has 6 nitrogen and oxygen atoms in total. The van der Waals surface area contributed by atoms with E-state index in [1.165, 1.54) is 11.3 Å². The molecule has 2 N–H and O–H groups in total. The van der Waals surface area contributed by atoms with Crippen LogP contribution >= 0.6 is 11.3 Å². The highest BCUT2D eigenvalue weighted by Gasteiger charge is 2.59. The standard InChI is InChI=1S/C14H22N4O2S/c1-4-5-9-17-18-13(21-9)16-12(19)15-10-8-6-7-20-11(8)14(10,2)3/h8,10-11H,4-7H2,1-3H3,(H2,15,16,18,19)/t8-,10-,11+/m1/s1. The second-order valence-corrected chi connectivity index (χ2v) is 7.45. The lowest BCUT2D eigenvalue weighted by Gasteiger charge is -2.54. The molecule has 2 heterocycles. The number of rotatable bonds is 4. The van der Waals surface area contributed by atoms with Gasteiger partial charge in [-0.25, -0.2) is 4.79 Å². The first-order valence-electron chi connectivity index (χ1n) is 7.54. The summed E-state index contributed by atoms with van der Waals surface area (Å²) in [5.74, 6) is 0.441. The van der Waals surface area contributed by atoms with Gasteiger partial charge in [-0.1, -0.05) is 32.1 Å². The summed E-state index contributed by atoms with van der Waals surface area (Å²) >= 11 is 1.44. The fraction of sp³-hybridized carbons (Fsp3) is 0.786. The molecule has 116 valence electrons. The second kappa shape index (κ2) is 5.53. The van der Waals surface area contributed by atoms with Crippen LogP contribution in [-0.2, 0) is 11.2 Å². The SMILES string of the molecule is CCCc1nnc(NC(=O)N[C@@H]2[C@H]3CCO[C@@H]3C2(C)C)s1. The third kappa shape index (κ3) is 2.64. The molecule has 21 heavy (non-hydrogen) atoms. The molecule has 2 amide bonds. The van der Waals surface area contributed by atoms with Gasteiger partial charge in [0.1, 0.15) is 5.01 Å². The van der Waals surface area contributed by atoms with Gasteiger partial charge in [0.15, 0.2) is 0 Å². The lowest BCUT2D eigenvalue weighted by Crippen LogP contribution is -2.67.